The summed E-state index contributed by atoms with van der Waals surface area (Å²) in [6, 6.07) is 11.8. The fourth-order valence-electron chi connectivity index (χ4n) is 2.71. The van der Waals surface area contributed by atoms with Crippen LogP contribution >= 0.6 is 0 Å². The van der Waals surface area contributed by atoms with Crippen molar-refractivity contribution in [1.82, 2.24) is 0 Å². The van der Waals surface area contributed by atoms with Gasteiger partial charge in [-0.25, -0.2) is 4.79 Å². The van der Waals surface area contributed by atoms with Crippen LogP contribution in [0.4, 0.5) is 5.69 Å². The number of nitrogens with zero attached hydrogens (tertiary/aromatic N) is 1. The maximum atomic E-state index is 12.3. The van der Waals surface area contributed by atoms with Crippen molar-refractivity contribution >= 4 is 17.6 Å². The van der Waals surface area contributed by atoms with Gasteiger partial charge in [0.15, 0.2) is 0 Å². The highest BCUT2D eigenvalue weighted by Crippen LogP contribution is 2.26. The first kappa shape index (κ1) is 16.8. The summed E-state index contributed by atoms with van der Waals surface area (Å²) in [4.78, 5) is 25.8. The van der Waals surface area contributed by atoms with Gasteiger partial charge in [0.1, 0.15) is 17.2 Å². The normalized spacial score (nSPS) is 13.7. The van der Waals surface area contributed by atoms with Crippen molar-refractivity contribution in [3.8, 4) is 17.2 Å². The van der Waals surface area contributed by atoms with Crippen molar-refractivity contribution in [2.24, 2.45) is 0 Å². The maximum Gasteiger partial charge on any atom is 0.343 e. The molecule has 2 aromatic carbocycles. The zero-order chi connectivity index (χ0) is 17.8. The molecule has 0 N–H and O–H groups in total. The lowest BCUT2D eigenvalue weighted by molar-refractivity contribution is -0.117. The van der Waals surface area contributed by atoms with Gasteiger partial charge >= 0.3 is 5.97 Å². The van der Waals surface area contributed by atoms with Crippen LogP contribution in [0.2, 0.25) is 0 Å². The minimum Gasteiger partial charge on any atom is -0.497 e. The summed E-state index contributed by atoms with van der Waals surface area (Å²) >= 11 is 0. The molecule has 0 atom stereocenters. The van der Waals surface area contributed by atoms with Crippen LogP contribution in [0.15, 0.2) is 42.5 Å². The summed E-state index contributed by atoms with van der Waals surface area (Å²) in [7, 11) is 3.03. The Hall–Kier alpha value is -3.02. The molecule has 0 unspecified atom stereocenters. The Morgan fingerprint density at radius 1 is 0.960 bits per heavy atom. The molecule has 1 amide bonds. The molecule has 0 bridgehead atoms. The molecule has 0 aromatic heterocycles. The number of hydrogen-bond acceptors (Lipinski definition) is 5. The van der Waals surface area contributed by atoms with E-state index >= 15 is 0 Å². The van der Waals surface area contributed by atoms with Gasteiger partial charge < -0.3 is 19.1 Å². The molecule has 0 spiro atoms. The highest BCUT2D eigenvalue weighted by molar-refractivity contribution is 5.95. The quantitative estimate of drug-likeness (QED) is 0.618. The Bertz CT molecular complexity index is 763. The van der Waals surface area contributed by atoms with Crippen LogP contribution in [0.5, 0.6) is 17.2 Å². The molecule has 25 heavy (non-hydrogen) atoms. The molecule has 1 heterocycles. The van der Waals surface area contributed by atoms with E-state index in [2.05, 4.69) is 0 Å². The van der Waals surface area contributed by atoms with E-state index in [-0.39, 0.29) is 5.91 Å². The van der Waals surface area contributed by atoms with E-state index in [1.54, 1.807) is 47.4 Å². The molecule has 0 aliphatic carbocycles. The minimum absolute atomic E-state index is 0.119. The van der Waals surface area contributed by atoms with Gasteiger partial charge in [0.2, 0.25) is 5.91 Å². The first-order valence-corrected chi connectivity index (χ1v) is 7.96. The van der Waals surface area contributed by atoms with Gasteiger partial charge in [-0.15, -0.1) is 0 Å². The van der Waals surface area contributed by atoms with Crippen molar-refractivity contribution in [3.63, 3.8) is 0 Å². The average Bonchev–Trinajstić information content (AvgIpc) is 3.07. The summed E-state index contributed by atoms with van der Waals surface area (Å²) in [5, 5.41) is 0. The Morgan fingerprint density at radius 3 is 2.12 bits per heavy atom. The first-order chi connectivity index (χ1) is 12.1. The van der Waals surface area contributed by atoms with Crippen LogP contribution in [0.1, 0.15) is 23.2 Å². The Morgan fingerprint density at radius 2 is 1.60 bits per heavy atom. The number of hydrogen-bond donors (Lipinski definition) is 0. The second-order valence-electron chi connectivity index (χ2n) is 5.63. The number of amides is 1. The van der Waals surface area contributed by atoms with Crippen LogP contribution in [0.3, 0.4) is 0 Å². The molecule has 2 aromatic rings. The number of carbonyl (C=O) groups is 2. The Balaban J connectivity index is 1.74. The van der Waals surface area contributed by atoms with E-state index in [1.807, 2.05) is 0 Å². The average molecular weight is 341 g/mol. The number of benzene rings is 2. The van der Waals surface area contributed by atoms with E-state index in [4.69, 9.17) is 14.2 Å². The van der Waals surface area contributed by atoms with Crippen LogP contribution in [0, 0.1) is 0 Å². The van der Waals surface area contributed by atoms with Gasteiger partial charge in [0.25, 0.3) is 0 Å². The van der Waals surface area contributed by atoms with Gasteiger partial charge in [-0.05, 0) is 42.8 Å². The van der Waals surface area contributed by atoms with Crippen molar-refractivity contribution < 1.29 is 23.8 Å². The fourth-order valence-corrected chi connectivity index (χ4v) is 2.71. The number of ether oxygens (including phenoxy) is 3. The van der Waals surface area contributed by atoms with Crippen molar-refractivity contribution in [2.45, 2.75) is 12.8 Å². The summed E-state index contributed by atoms with van der Waals surface area (Å²) < 4.78 is 15.7. The molecule has 0 radical (unpaired) electrons. The van der Waals surface area contributed by atoms with E-state index in [0.29, 0.717) is 29.2 Å². The largest absolute Gasteiger partial charge is 0.497 e. The summed E-state index contributed by atoms with van der Waals surface area (Å²) in [5.74, 6) is 1.03. The predicted octanol–water partition coefficient (Wildman–Crippen LogP) is 3.05. The molecule has 6 heteroatoms. The van der Waals surface area contributed by atoms with Gasteiger partial charge in [0.05, 0.1) is 19.8 Å². The van der Waals surface area contributed by atoms with Gasteiger partial charge in [0, 0.05) is 24.7 Å². The van der Waals surface area contributed by atoms with Crippen LogP contribution < -0.4 is 19.1 Å². The standard InChI is InChI=1S/C19H19NO5/c1-23-16-10-13(11-17(12-16)24-2)19(22)25-15-7-5-14(6-8-15)20-9-3-4-18(20)21/h5-8,10-12H,3-4,9H2,1-2H3. The van der Waals surface area contributed by atoms with E-state index < -0.39 is 5.97 Å². The number of methoxy groups -OCH3 is 2. The predicted molar refractivity (Wildman–Crippen MR) is 92.5 cm³/mol. The van der Waals surface area contributed by atoms with Crippen LogP contribution in [-0.2, 0) is 4.79 Å². The molecular weight excluding hydrogens is 322 g/mol. The fraction of sp³-hybridized carbons (Fsp3) is 0.263. The molecular formula is C19H19NO5. The Kier molecular flexibility index (Phi) is 4.88. The number of rotatable bonds is 5. The van der Waals surface area contributed by atoms with Crippen molar-refractivity contribution in [1.29, 1.82) is 0 Å². The topological polar surface area (TPSA) is 65.1 Å². The van der Waals surface area contributed by atoms with Crippen LogP contribution in [0.25, 0.3) is 0 Å². The zero-order valence-corrected chi connectivity index (χ0v) is 14.2. The molecule has 1 fully saturated rings. The number of carbonyl (C=O) groups excluding carboxylic acids is 2. The molecule has 130 valence electrons. The molecule has 1 saturated heterocycles. The lowest BCUT2D eigenvalue weighted by atomic mass is 10.2. The smallest absolute Gasteiger partial charge is 0.343 e. The SMILES string of the molecule is COc1cc(OC)cc(C(=O)Oc2ccc(N3CCCC3=O)cc2)c1. The molecule has 3 rings (SSSR count). The Labute approximate surface area is 145 Å². The minimum atomic E-state index is -0.512. The third-order valence-corrected chi connectivity index (χ3v) is 4.02. The lowest BCUT2D eigenvalue weighted by Gasteiger charge is -2.15. The summed E-state index contributed by atoms with van der Waals surface area (Å²) in [5.41, 5.74) is 1.14. The zero-order valence-electron chi connectivity index (χ0n) is 14.2. The third kappa shape index (κ3) is 3.74. The van der Waals surface area contributed by atoms with Crippen molar-refractivity contribution in [3.05, 3.63) is 48.0 Å². The molecule has 0 saturated carbocycles. The van der Waals surface area contributed by atoms with Gasteiger partial charge in [-0.2, -0.15) is 0 Å². The molecule has 1 aliphatic heterocycles. The van der Waals surface area contributed by atoms with Crippen LogP contribution in [-0.4, -0.2) is 32.6 Å². The highest BCUT2D eigenvalue weighted by atomic mass is 16.5. The van der Waals surface area contributed by atoms with E-state index in [1.165, 1.54) is 14.2 Å². The first-order valence-electron chi connectivity index (χ1n) is 7.96. The second kappa shape index (κ2) is 7.25. The molecule has 1 aliphatic rings. The van der Waals surface area contributed by atoms with Crippen molar-refractivity contribution in [2.75, 3.05) is 25.7 Å². The second-order valence-corrected chi connectivity index (χ2v) is 5.63. The number of esters is 1. The monoisotopic (exact) mass is 341 g/mol. The third-order valence-electron chi connectivity index (χ3n) is 4.02. The summed E-state index contributed by atoms with van der Waals surface area (Å²) in [6.45, 7) is 0.724. The summed E-state index contributed by atoms with van der Waals surface area (Å²) in [6.07, 6.45) is 1.45. The maximum absolute atomic E-state index is 12.3. The molecule has 6 nitrogen and oxygen atoms in total. The van der Waals surface area contributed by atoms with E-state index in [0.717, 1.165) is 18.7 Å². The lowest BCUT2D eigenvalue weighted by Crippen LogP contribution is -2.23. The van der Waals surface area contributed by atoms with Gasteiger partial charge in [-0.1, -0.05) is 0 Å². The van der Waals surface area contributed by atoms with E-state index in [9.17, 15) is 9.59 Å². The highest BCUT2D eigenvalue weighted by Gasteiger charge is 2.21. The van der Waals surface area contributed by atoms with Gasteiger partial charge in [-0.3, -0.25) is 4.79 Å². The number of anilines is 1.